The molecule has 1 heterocycles. The van der Waals surface area contributed by atoms with Crippen LogP contribution in [0, 0.1) is 5.92 Å². The highest BCUT2D eigenvalue weighted by molar-refractivity contribution is 4.95. The third kappa shape index (κ3) is 2.39. The van der Waals surface area contributed by atoms with Gasteiger partial charge in [0.2, 0.25) is 0 Å². The van der Waals surface area contributed by atoms with Crippen LogP contribution in [0.25, 0.3) is 0 Å². The highest BCUT2D eigenvalue weighted by Gasteiger charge is 2.39. The molecule has 2 aliphatic carbocycles. The first kappa shape index (κ1) is 12.0. The summed E-state index contributed by atoms with van der Waals surface area (Å²) in [5.74, 6) is 1.01. The van der Waals surface area contributed by atoms with Gasteiger partial charge in [0.25, 0.3) is 0 Å². The van der Waals surface area contributed by atoms with Crippen molar-refractivity contribution in [2.45, 2.75) is 82.3 Å². The molecule has 3 rings (SSSR count). The minimum atomic E-state index is 0.464. The average Bonchev–Trinajstić information content (AvgIpc) is 3.00. The lowest BCUT2D eigenvalue weighted by atomic mass is 9.87. The van der Waals surface area contributed by atoms with Gasteiger partial charge in [-0.05, 0) is 51.0 Å². The van der Waals surface area contributed by atoms with Crippen molar-refractivity contribution in [3.8, 4) is 0 Å². The van der Waals surface area contributed by atoms with Crippen molar-refractivity contribution in [2.75, 3.05) is 6.54 Å². The molecule has 1 aliphatic heterocycles. The van der Waals surface area contributed by atoms with Gasteiger partial charge in [-0.2, -0.15) is 0 Å². The molecule has 1 saturated heterocycles. The fourth-order valence-corrected chi connectivity index (χ4v) is 4.63. The molecule has 0 spiro atoms. The molecule has 0 aromatic rings. The van der Waals surface area contributed by atoms with Crippen LogP contribution in [0.2, 0.25) is 0 Å². The van der Waals surface area contributed by atoms with E-state index < -0.39 is 0 Å². The molecule has 0 amide bonds. The predicted molar refractivity (Wildman–Crippen MR) is 71.9 cm³/mol. The van der Waals surface area contributed by atoms with Crippen molar-refractivity contribution in [1.29, 1.82) is 0 Å². The summed E-state index contributed by atoms with van der Waals surface area (Å²) in [6, 6.07) is 2.08. The zero-order valence-electron chi connectivity index (χ0n) is 11.1. The molecular weight excluding hydrogens is 208 g/mol. The van der Waals surface area contributed by atoms with Crippen LogP contribution in [0.15, 0.2) is 0 Å². The van der Waals surface area contributed by atoms with Gasteiger partial charge in [0.1, 0.15) is 0 Å². The van der Waals surface area contributed by atoms with Gasteiger partial charge in [-0.3, -0.25) is 4.90 Å². The van der Waals surface area contributed by atoms with E-state index in [-0.39, 0.29) is 0 Å². The van der Waals surface area contributed by atoms with Crippen LogP contribution in [-0.2, 0) is 0 Å². The number of hydrogen-bond donors (Lipinski definition) is 1. The number of likely N-dealkylation sites (tertiary alicyclic amines) is 1. The summed E-state index contributed by atoms with van der Waals surface area (Å²) in [6.45, 7) is 1.33. The Bertz CT molecular complexity index is 247. The lowest BCUT2D eigenvalue weighted by Crippen LogP contribution is -2.52. The van der Waals surface area contributed by atoms with E-state index in [0.717, 1.165) is 18.0 Å². The standard InChI is InChI=1S/C15H28N2/c16-13-8-3-4-9-15(13)17-11-5-10-14(17)12-6-1-2-7-12/h12-15H,1-11,16H2. The maximum atomic E-state index is 6.38. The molecule has 2 N–H and O–H groups in total. The van der Waals surface area contributed by atoms with Crippen LogP contribution in [0.3, 0.4) is 0 Å². The van der Waals surface area contributed by atoms with Crippen LogP contribution in [0.5, 0.6) is 0 Å². The van der Waals surface area contributed by atoms with E-state index in [1.807, 2.05) is 0 Å². The first-order chi connectivity index (χ1) is 8.36. The van der Waals surface area contributed by atoms with Crippen LogP contribution in [0.1, 0.15) is 64.2 Å². The molecule has 2 nitrogen and oxygen atoms in total. The van der Waals surface area contributed by atoms with Crippen molar-refractivity contribution in [3.05, 3.63) is 0 Å². The lowest BCUT2D eigenvalue weighted by molar-refractivity contribution is 0.0941. The van der Waals surface area contributed by atoms with Gasteiger partial charge in [-0.1, -0.05) is 25.7 Å². The smallest absolute Gasteiger partial charge is 0.0250 e. The molecule has 0 radical (unpaired) electrons. The predicted octanol–water partition coefficient (Wildman–Crippen LogP) is 2.91. The van der Waals surface area contributed by atoms with E-state index in [1.165, 1.54) is 70.8 Å². The van der Waals surface area contributed by atoms with Crippen molar-refractivity contribution < 1.29 is 0 Å². The SMILES string of the molecule is NC1CCCCC1N1CCCC1C1CCCC1. The van der Waals surface area contributed by atoms with Gasteiger partial charge in [-0.25, -0.2) is 0 Å². The Morgan fingerprint density at radius 2 is 1.35 bits per heavy atom. The van der Waals surface area contributed by atoms with E-state index in [1.54, 1.807) is 0 Å². The molecule has 0 aromatic carbocycles. The fourth-order valence-electron chi connectivity index (χ4n) is 4.63. The van der Waals surface area contributed by atoms with Gasteiger partial charge in [0.05, 0.1) is 0 Å². The Kier molecular flexibility index (Phi) is 3.72. The molecule has 3 aliphatic rings. The topological polar surface area (TPSA) is 29.3 Å². The summed E-state index contributed by atoms with van der Waals surface area (Å²) < 4.78 is 0. The average molecular weight is 236 g/mol. The van der Waals surface area contributed by atoms with Gasteiger partial charge in [-0.15, -0.1) is 0 Å². The Balaban J connectivity index is 1.67. The molecule has 17 heavy (non-hydrogen) atoms. The molecular formula is C15H28N2. The Morgan fingerprint density at radius 3 is 2.12 bits per heavy atom. The van der Waals surface area contributed by atoms with E-state index in [4.69, 9.17) is 5.73 Å². The molecule has 98 valence electrons. The fraction of sp³-hybridized carbons (Fsp3) is 1.00. The summed E-state index contributed by atoms with van der Waals surface area (Å²) in [5, 5.41) is 0. The van der Waals surface area contributed by atoms with Crippen LogP contribution in [-0.4, -0.2) is 29.6 Å². The molecule has 0 bridgehead atoms. The van der Waals surface area contributed by atoms with Crippen LogP contribution >= 0.6 is 0 Å². The normalized spacial score (nSPS) is 41.1. The summed E-state index contributed by atoms with van der Waals surface area (Å²) >= 11 is 0. The molecule has 0 aromatic heterocycles. The summed E-state index contributed by atoms with van der Waals surface area (Å²) in [5.41, 5.74) is 6.38. The largest absolute Gasteiger partial charge is 0.326 e. The molecule has 3 unspecified atom stereocenters. The molecule has 3 atom stereocenters. The highest BCUT2D eigenvalue weighted by Crippen LogP contribution is 2.38. The Hall–Kier alpha value is -0.0800. The number of hydrogen-bond acceptors (Lipinski definition) is 2. The number of rotatable bonds is 2. The van der Waals surface area contributed by atoms with Gasteiger partial charge in [0.15, 0.2) is 0 Å². The van der Waals surface area contributed by atoms with Gasteiger partial charge >= 0.3 is 0 Å². The summed E-state index contributed by atoms with van der Waals surface area (Å²) in [6.07, 6.45) is 14.2. The second kappa shape index (κ2) is 5.27. The number of nitrogens with two attached hydrogens (primary N) is 1. The minimum absolute atomic E-state index is 0.464. The maximum Gasteiger partial charge on any atom is 0.0250 e. The first-order valence-electron chi connectivity index (χ1n) is 7.87. The van der Waals surface area contributed by atoms with E-state index in [2.05, 4.69) is 4.90 Å². The van der Waals surface area contributed by atoms with E-state index in [9.17, 15) is 0 Å². The third-order valence-electron chi connectivity index (χ3n) is 5.49. The second-order valence-electron chi connectivity index (χ2n) is 6.51. The van der Waals surface area contributed by atoms with Gasteiger partial charge < -0.3 is 5.73 Å². The first-order valence-corrected chi connectivity index (χ1v) is 7.87. The number of nitrogens with zero attached hydrogens (tertiary/aromatic N) is 1. The monoisotopic (exact) mass is 236 g/mol. The molecule has 2 heteroatoms. The second-order valence-corrected chi connectivity index (χ2v) is 6.51. The lowest BCUT2D eigenvalue weighted by Gasteiger charge is -2.41. The zero-order chi connectivity index (χ0) is 11.7. The Labute approximate surface area is 106 Å². The molecule has 3 fully saturated rings. The molecule has 2 saturated carbocycles. The highest BCUT2D eigenvalue weighted by atomic mass is 15.2. The minimum Gasteiger partial charge on any atom is -0.326 e. The van der Waals surface area contributed by atoms with Crippen LogP contribution in [0.4, 0.5) is 0 Å². The van der Waals surface area contributed by atoms with Crippen LogP contribution < -0.4 is 5.73 Å². The van der Waals surface area contributed by atoms with Crippen molar-refractivity contribution in [2.24, 2.45) is 11.7 Å². The summed E-state index contributed by atoms with van der Waals surface area (Å²) in [4.78, 5) is 2.83. The van der Waals surface area contributed by atoms with E-state index >= 15 is 0 Å². The van der Waals surface area contributed by atoms with Crippen molar-refractivity contribution in [3.63, 3.8) is 0 Å². The van der Waals surface area contributed by atoms with Gasteiger partial charge in [0, 0.05) is 18.1 Å². The third-order valence-corrected chi connectivity index (χ3v) is 5.49. The Morgan fingerprint density at radius 1 is 0.706 bits per heavy atom. The maximum absolute atomic E-state index is 6.38. The quantitative estimate of drug-likeness (QED) is 0.799. The van der Waals surface area contributed by atoms with E-state index in [0.29, 0.717) is 6.04 Å². The van der Waals surface area contributed by atoms with Crippen molar-refractivity contribution >= 4 is 0 Å². The zero-order valence-corrected chi connectivity index (χ0v) is 11.1. The van der Waals surface area contributed by atoms with Crippen molar-refractivity contribution in [1.82, 2.24) is 4.90 Å². The summed E-state index contributed by atoms with van der Waals surface area (Å²) in [7, 11) is 0.